The van der Waals surface area contributed by atoms with Gasteiger partial charge in [0.05, 0.1) is 31.6 Å². The van der Waals surface area contributed by atoms with Crippen LogP contribution >= 0.6 is 0 Å². The average Bonchev–Trinajstić information content (AvgIpc) is 3.52. The van der Waals surface area contributed by atoms with Crippen molar-refractivity contribution in [3.05, 3.63) is 30.6 Å². The van der Waals surface area contributed by atoms with E-state index < -0.39 is 0 Å². The molecule has 160 valence electrons. The lowest BCUT2D eigenvalue weighted by atomic mass is 10.1. The predicted octanol–water partition coefficient (Wildman–Crippen LogP) is 3.18. The summed E-state index contributed by atoms with van der Waals surface area (Å²) < 4.78 is 12.9. The number of amides is 1. The summed E-state index contributed by atoms with van der Waals surface area (Å²) in [7, 11) is 11.2. The molecule has 3 heterocycles. The number of methoxy groups -OCH3 is 2. The van der Waals surface area contributed by atoms with Crippen molar-refractivity contribution in [3.8, 4) is 22.9 Å². The summed E-state index contributed by atoms with van der Waals surface area (Å²) in [5.74, 6) is 1.92. The highest BCUT2D eigenvalue weighted by Gasteiger charge is 2.30. The number of hydrogen-bond acceptors (Lipinski definition) is 6. The van der Waals surface area contributed by atoms with Crippen molar-refractivity contribution in [2.24, 2.45) is 13.0 Å². The number of aryl methyl sites for hydroxylation is 1. The first-order valence-corrected chi connectivity index (χ1v) is 9.80. The van der Waals surface area contributed by atoms with E-state index in [1.807, 2.05) is 49.8 Å². The Morgan fingerprint density at radius 2 is 1.87 bits per heavy atom. The number of fused-ring (bicyclic) bond motifs is 1. The lowest BCUT2D eigenvalue weighted by Crippen LogP contribution is -2.14. The predicted molar refractivity (Wildman–Crippen MR) is 118 cm³/mol. The topological polar surface area (TPSA) is 81.5 Å². The highest BCUT2D eigenvalue weighted by Crippen LogP contribution is 2.39. The van der Waals surface area contributed by atoms with E-state index in [0.717, 1.165) is 35.0 Å². The van der Waals surface area contributed by atoms with Gasteiger partial charge in [0.2, 0.25) is 11.8 Å². The standard InChI is InChI=1S/C19H20N4O3.C3H9N/c1-23-13(17-15(25-2)6-7-20-19(17)26-3)8-12-9-16(21-10-14(12)23)22-18(24)11-4-5-11;1-4(2)3/h6-11H,4-5H2,1-3H3,(H,21,22,24);1-3H3. The number of carbonyl (C=O) groups excluding carboxylic acids is 1. The summed E-state index contributed by atoms with van der Waals surface area (Å²) in [6.45, 7) is 0. The smallest absolute Gasteiger partial charge is 0.228 e. The molecule has 0 unspecified atom stereocenters. The van der Waals surface area contributed by atoms with Crippen LogP contribution in [0.1, 0.15) is 12.8 Å². The molecule has 0 saturated heterocycles. The van der Waals surface area contributed by atoms with Gasteiger partial charge in [-0.1, -0.05) is 0 Å². The third-order valence-corrected chi connectivity index (χ3v) is 4.68. The van der Waals surface area contributed by atoms with Crippen molar-refractivity contribution in [3.63, 3.8) is 0 Å². The van der Waals surface area contributed by atoms with E-state index in [9.17, 15) is 4.79 Å². The molecule has 1 aliphatic rings. The van der Waals surface area contributed by atoms with Crippen molar-refractivity contribution in [2.45, 2.75) is 12.8 Å². The van der Waals surface area contributed by atoms with Crippen molar-refractivity contribution >= 4 is 22.6 Å². The molecule has 0 atom stereocenters. The van der Waals surface area contributed by atoms with Crippen LogP contribution in [0.3, 0.4) is 0 Å². The van der Waals surface area contributed by atoms with Gasteiger partial charge in [-0.05, 0) is 52.2 Å². The van der Waals surface area contributed by atoms with Crippen LogP contribution in [0.25, 0.3) is 22.2 Å². The average molecular weight is 412 g/mol. The van der Waals surface area contributed by atoms with Crippen LogP contribution in [0.2, 0.25) is 0 Å². The number of aromatic nitrogens is 3. The first-order chi connectivity index (χ1) is 14.3. The van der Waals surface area contributed by atoms with E-state index in [4.69, 9.17) is 9.47 Å². The van der Waals surface area contributed by atoms with Gasteiger partial charge in [0.25, 0.3) is 0 Å². The Balaban J connectivity index is 0.000000589. The maximum absolute atomic E-state index is 12.0. The molecule has 1 fully saturated rings. The van der Waals surface area contributed by atoms with Crippen molar-refractivity contribution in [2.75, 3.05) is 40.7 Å². The summed E-state index contributed by atoms with van der Waals surface area (Å²) in [4.78, 5) is 22.6. The fourth-order valence-electron chi connectivity index (χ4n) is 3.10. The van der Waals surface area contributed by atoms with Crippen molar-refractivity contribution < 1.29 is 14.3 Å². The molecule has 1 amide bonds. The van der Waals surface area contributed by atoms with E-state index in [1.165, 1.54) is 0 Å². The molecular formula is C22H29N5O3. The highest BCUT2D eigenvalue weighted by molar-refractivity contribution is 5.96. The van der Waals surface area contributed by atoms with E-state index in [-0.39, 0.29) is 11.8 Å². The van der Waals surface area contributed by atoms with Gasteiger partial charge >= 0.3 is 0 Å². The molecule has 8 nitrogen and oxygen atoms in total. The Morgan fingerprint density at radius 1 is 1.17 bits per heavy atom. The second-order valence-electron chi connectivity index (χ2n) is 7.72. The van der Waals surface area contributed by atoms with Crippen LogP contribution in [0.5, 0.6) is 11.6 Å². The second-order valence-corrected chi connectivity index (χ2v) is 7.72. The molecule has 1 N–H and O–H groups in total. The number of anilines is 1. The zero-order valence-corrected chi connectivity index (χ0v) is 18.4. The minimum absolute atomic E-state index is 0.0450. The van der Waals surface area contributed by atoms with Gasteiger partial charge in [0.1, 0.15) is 17.1 Å². The number of pyridine rings is 2. The van der Waals surface area contributed by atoms with Gasteiger partial charge in [-0.3, -0.25) is 4.79 Å². The third-order valence-electron chi connectivity index (χ3n) is 4.68. The SMILES string of the molecule is CN(C)C.COc1ccnc(OC)c1-c1cc2cc(NC(=O)C3CC3)ncc2n1C. The molecule has 30 heavy (non-hydrogen) atoms. The first kappa shape index (κ1) is 21.6. The summed E-state index contributed by atoms with van der Waals surface area (Å²) in [6, 6.07) is 5.70. The second kappa shape index (κ2) is 9.13. The molecule has 4 rings (SSSR count). The molecule has 1 saturated carbocycles. The molecule has 0 bridgehead atoms. The number of nitrogens with one attached hydrogen (secondary N) is 1. The largest absolute Gasteiger partial charge is 0.496 e. The Morgan fingerprint density at radius 3 is 2.47 bits per heavy atom. The molecule has 0 aliphatic heterocycles. The zero-order valence-electron chi connectivity index (χ0n) is 18.4. The third kappa shape index (κ3) is 4.71. The van der Waals surface area contributed by atoms with E-state index in [2.05, 4.69) is 15.3 Å². The highest BCUT2D eigenvalue weighted by atomic mass is 16.5. The van der Waals surface area contributed by atoms with E-state index in [1.54, 1.807) is 32.7 Å². The molecule has 0 radical (unpaired) electrons. The molecule has 0 aromatic carbocycles. The van der Waals surface area contributed by atoms with Gasteiger partial charge in [0, 0.05) is 24.5 Å². The summed E-state index contributed by atoms with van der Waals surface area (Å²) in [5.41, 5.74) is 2.62. The van der Waals surface area contributed by atoms with E-state index in [0.29, 0.717) is 17.4 Å². The Hall–Kier alpha value is -3.13. The number of hydrogen-bond donors (Lipinski definition) is 1. The Labute approximate surface area is 176 Å². The minimum Gasteiger partial charge on any atom is -0.496 e. The quantitative estimate of drug-likeness (QED) is 0.695. The number of carbonyl (C=O) groups is 1. The molecule has 3 aromatic heterocycles. The van der Waals surface area contributed by atoms with Gasteiger partial charge in [-0.2, -0.15) is 0 Å². The zero-order chi connectivity index (χ0) is 21.8. The van der Waals surface area contributed by atoms with Gasteiger partial charge < -0.3 is 24.3 Å². The monoisotopic (exact) mass is 411 g/mol. The van der Waals surface area contributed by atoms with Crippen molar-refractivity contribution in [1.29, 1.82) is 0 Å². The fourth-order valence-corrected chi connectivity index (χ4v) is 3.10. The van der Waals surface area contributed by atoms with Gasteiger partial charge in [-0.15, -0.1) is 0 Å². The number of rotatable bonds is 5. The molecule has 8 heteroatoms. The van der Waals surface area contributed by atoms with Crippen LogP contribution in [0.15, 0.2) is 30.6 Å². The summed E-state index contributed by atoms with van der Waals surface area (Å²) >= 11 is 0. The number of nitrogens with zero attached hydrogens (tertiary/aromatic N) is 4. The number of ether oxygens (including phenoxy) is 2. The fraction of sp³-hybridized carbons (Fsp3) is 0.409. The van der Waals surface area contributed by atoms with E-state index >= 15 is 0 Å². The summed E-state index contributed by atoms with van der Waals surface area (Å²) in [5, 5.41) is 3.86. The maximum Gasteiger partial charge on any atom is 0.228 e. The summed E-state index contributed by atoms with van der Waals surface area (Å²) in [6.07, 6.45) is 5.34. The lowest BCUT2D eigenvalue weighted by Gasteiger charge is -2.12. The molecule has 3 aromatic rings. The first-order valence-electron chi connectivity index (χ1n) is 9.80. The Kier molecular flexibility index (Phi) is 6.56. The lowest BCUT2D eigenvalue weighted by molar-refractivity contribution is -0.117. The van der Waals surface area contributed by atoms with Gasteiger partial charge in [0.15, 0.2) is 0 Å². The normalized spacial score (nSPS) is 13.0. The van der Waals surface area contributed by atoms with Crippen LogP contribution in [-0.2, 0) is 11.8 Å². The molecular weight excluding hydrogens is 382 g/mol. The molecule has 1 aliphatic carbocycles. The molecule has 0 spiro atoms. The van der Waals surface area contributed by atoms with Crippen LogP contribution < -0.4 is 14.8 Å². The van der Waals surface area contributed by atoms with Crippen molar-refractivity contribution in [1.82, 2.24) is 19.4 Å². The van der Waals surface area contributed by atoms with Gasteiger partial charge in [-0.25, -0.2) is 9.97 Å². The van der Waals surface area contributed by atoms with Crippen LogP contribution in [0, 0.1) is 5.92 Å². The Bertz CT molecular complexity index is 1020. The maximum atomic E-state index is 12.0. The van der Waals surface area contributed by atoms with Crippen LogP contribution in [0.4, 0.5) is 5.82 Å². The van der Waals surface area contributed by atoms with Crippen LogP contribution in [-0.4, -0.2) is 60.7 Å². The minimum atomic E-state index is 0.0450.